The van der Waals surface area contributed by atoms with Crippen molar-refractivity contribution >= 4 is 114 Å². The molecular formula is C115H88N6O. The molecule has 122 heavy (non-hydrogen) atoms. The molecule has 0 unspecified atom stereocenters. The first-order valence-electron chi connectivity index (χ1n) is 41.7. The van der Waals surface area contributed by atoms with Crippen LogP contribution >= 0.6 is 0 Å². The summed E-state index contributed by atoms with van der Waals surface area (Å²) >= 11 is 0. The first-order chi connectivity index (χ1) is 60.2. The van der Waals surface area contributed by atoms with Gasteiger partial charge in [0.05, 0.1) is 0 Å². The molecule has 0 radical (unpaired) electrons. The summed E-state index contributed by atoms with van der Waals surface area (Å²) in [6.07, 6.45) is 1.01. The topological polar surface area (TPSA) is 36.5 Å². The van der Waals surface area contributed by atoms with Crippen LogP contribution in [0.3, 0.4) is 0 Å². The predicted octanol–water partition coefficient (Wildman–Crippen LogP) is 31.8. The van der Waals surface area contributed by atoms with E-state index in [1.165, 1.54) is 55.9 Å². The van der Waals surface area contributed by atoms with E-state index in [1.807, 2.05) is 84.9 Å². The van der Waals surface area contributed by atoms with Crippen LogP contribution in [0.15, 0.2) is 480 Å². The largest absolute Gasteiger partial charge is 0.310 e. The summed E-state index contributed by atoms with van der Waals surface area (Å²) < 4.78 is 0. The summed E-state index contributed by atoms with van der Waals surface area (Å²) in [4.78, 5) is 27.6. The normalized spacial score (nSPS) is 12.0. The number of anilines is 18. The fraction of sp³-hybridized carbons (Fsp3) is 0.0348. The lowest BCUT2D eigenvalue weighted by Crippen LogP contribution is -2.20. The standard InChI is InChI=1S/C40H34N2.C38H28N2.C37H26N2O/c1-3-40(2)38-28-34(41(30-16-8-4-9-17-30)31-18-10-5-11-19-31)24-26-36(38)37-27-25-35(29-39(37)40)42(32-20-12-6-13-21-32)33-22-14-7-15-23-33;1-28-37-26-33(39(29-14-6-2-7-15-29)30-16-8-3-9-17-30)22-24-35(37)36-25-23-34(27-38(28)36)40(31-18-10-4-11-19-31)32-20-12-5-13-21-32;40-37-35-25-31(38(27-13-5-1-6-14-27)28-15-7-2-8-16-28)21-23-33(35)34-24-22-32(26-36(34)37)39(29-17-9-3-10-18-29)30-19-11-4-12-20-30/h4-29H,3H2,1-2H3;2-27H,1H2;1-26H. The molecule has 21 rings (SSSR count). The number of nitrogens with zero attached hydrogens (tertiary/aromatic N) is 6. The minimum atomic E-state index is -0.116. The second-order valence-corrected chi connectivity index (χ2v) is 30.9. The van der Waals surface area contributed by atoms with E-state index in [9.17, 15) is 4.79 Å². The summed E-state index contributed by atoms with van der Waals surface area (Å²) in [6.45, 7) is 9.32. The second-order valence-electron chi connectivity index (χ2n) is 30.9. The lowest BCUT2D eigenvalue weighted by atomic mass is 9.77. The molecule has 584 valence electrons. The van der Waals surface area contributed by atoms with Crippen molar-refractivity contribution in [3.63, 3.8) is 0 Å². The van der Waals surface area contributed by atoms with Crippen molar-refractivity contribution < 1.29 is 4.79 Å². The highest BCUT2D eigenvalue weighted by atomic mass is 16.1. The Bertz CT molecular complexity index is 5800. The van der Waals surface area contributed by atoms with Crippen LogP contribution in [-0.2, 0) is 5.41 Å². The predicted molar refractivity (Wildman–Crippen MR) is 512 cm³/mol. The van der Waals surface area contributed by atoms with Gasteiger partial charge in [-0.3, -0.25) is 4.79 Å². The van der Waals surface area contributed by atoms with Crippen molar-refractivity contribution in [2.24, 2.45) is 0 Å². The Kier molecular flexibility index (Phi) is 21.2. The first-order valence-corrected chi connectivity index (χ1v) is 41.7. The summed E-state index contributed by atoms with van der Waals surface area (Å²) in [7, 11) is 0. The Morgan fingerprint density at radius 3 is 0.525 bits per heavy atom. The molecular weight excluding hydrogens is 1480 g/mol. The molecule has 0 amide bonds. The number of ketones is 1. The van der Waals surface area contributed by atoms with E-state index in [1.54, 1.807) is 0 Å². The molecule has 0 saturated carbocycles. The van der Waals surface area contributed by atoms with Gasteiger partial charge in [-0.1, -0.05) is 275 Å². The van der Waals surface area contributed by atoms with Gasteiger partial charge in [0.2, 0.25) is 0 Å². The van der Waals surface area contributed by atoms with Crippen LogP contribution in [0.4, 0.5) is 102 Å². The number of carbonyl (C=O) groups is 1. The van der Waals surface area contributed by atoms with Crippen LogP contribution < -0.4 is 29.4 Å². The number of benzene rings is 18. The van der Waals surface area contributed by atoms with Gasteiger partial charge in [0.25, 0.3) is 0 Å². The van der Waals surface area contributed by atoms with Gasteiger partial charge in [-0.25, -0.2) is 0 Å². The molecule has 0 aliphatic heterocycles. The molecule has 3 aliphatic rings. The van der Waals surface area contributed by atoms with E-state index >= 15 is 0 Å². The van der Waals surface area contributed by atoms with Gasteiger partial charge in [-0.2, -0.15) is 0 Å². The van der Waals surface area contributed by atoms with Crippen LogP contribution in [0.1, 0.15) is 58.4 Å². The van der Waals surface area contributed by atoms with E-state index in [-0.39, 0.29) is 11.2 Å². The maximum absolute atomic E-state index is 13.9. The lowest BCUT2D eigenvalue weighted by Gasteiger charge is -2.30. The third-order valence-corrected chi connectivity index (χ3v) is 23.6. The van der Waals surface area contributed by atoms with E-state index in [0.29, 0.717) is 0 Å². The Morgan fingerprint density at radius 1 is 0.189 bits per heavy atom. The van der Waals surface area contributed by atoms with E-state index in [2.05, 4.69) is 438 Å². The molecule has 7 heteroatoms. The Morgan fingerprint density at radius 2 is 0.344 bits per heavy atom. The van der Waals surface area contributed by atoms with E-state index in [4.69, 9.17) is 0 Å². The van der Waals surface area contributed by atoms with Gasteiger partial charge in [0.1, 0.15) is 0 Å². The van der Waals surface area contributed by atoms with Crippen LogP contribution in [0.5, 0.6) is 0 Å². The molecule has 0 atom stereocenters. The van der Waals surface area contributed by atoms with Gasteiger partial charge in [0.15, 0.2) is 5.78 Å². The summed E-state index contributed by atoms with van der Waals surface area (Å²) in [6, 6.07) is 166. The zero-order chi connectivity index (χ0) is 82.3. The van der Waals surface area contributed by atoms with Crippen LogP contribution in [0, 0.1) is 0 Å². The molecule has 0 N–H and O–H groups in total. The number of hydrogen-bond acceptors (Lipinski definition) is 7. The van der Waals surface area contributed by atoms with Crippen molar-refractivity contribution in [2.75, 3.05) is 29.4 Å². The fourth-order valence-corrected chi connectivity index (χ4v) is 17.6. The maximum atomic E-state index is 13.9. The van der Waals surface area contributed by atoms with Crippen molar-refractivity contribution in [3.05, 3.63) is 513 Å². The third-order valence-electron chi connectivity index (χ3n) is 23.6. The second kappa shape index (κ2) is 34.0. The first kappa shape index (κ1) is 76.2. The van der Waals surface area contributed by atoms with Crippen molar-refractivity contribution in [1.82, 2.24) is 0 Å². The minimum absolute atomic E-state index is 0.0517. The summed E-state index contributed by atoms with van der Waals surface area (Å²) in [5.74, 6) is 0.0517. The Balaban J connectivity index is 0.000000121. The molecule has 7 nitrogen and oxygen atoms in total. The SMILES string of the molecule is C=C1c2cc(N(c3ccccc3)c3ccccc3)ccc2-c2ccc(N(c3ccccc3)c3ccccc3)cc21.CCC1(C)c2cc(N(c3ccccc3)c3ccccc3)ccc2-c2ccc(N(c3ccccc3)c3ccccc3)cc21.O=C1c2cc(N(c3ccccc3)c3ccccc3)ccc2-c2ccc(N(c3ccccc3)c3ccccc3)cc21. The number of para-hydroxylation sites is 12. The third kappa shape index (κ3) is 14.9. The van der Waals surface area contributed by atoms with Gasteiger partial charge in [-0.05, 0) is 286 Å². The van der Waals surface area contributed by atoms with E-state index < -0.39 is 0 Å². The highest BCUT2D eigenvalue weighted by Crippen LogP contribution is 2.56. The van der Waals surface area contributed by atoms with Gasteiger partial charge < -0.3 is 29.4 Å². The molecule has 0 heterocycles. The highest BCUT2D eigenvalue weighted by Gasteiger charge is 2.40. The monoisotopic (exact) mass is 1570 g/mol. The number of hydrogen-bond donors (Lipinski definition) is 0. The number of fused-ring (bicyclic) bond motifs is 9. The lowest BCUT2D eigenvalue weighted by molar-refractivity contribution is 0.104. The quantitative estimate of drug-likeness (QED) is 0.0798. The summed E-state index contributed by atoms with van der Waals surface area (Å²) in [5.41, 5.74) is 34.3. The zero-order valence-corrected chi connectivity index (χ0v) is 68.0. The van der Waals surface area contributed by atoms with Crippen LogP contribution in [0.25, 0.3) is 39.0 Å². The van der Waals surface area contributed by atoms with Crippen molar-refractivity contribution in [1.29, 1.82) is 0 Å². The van der Waals surface area contributed by atoms with Crippen LogP contribution in [0.2, 0.25) is 0 Å². The average molecular weight is 1570 g/mol. The van der Waals surface area contributed by atoms with Gasteiger partial charge in [0, 0.05) is 119 Å². The fourth-order valence-electron chi connectivity index (χ4n) is 17.6. The zero-order valence-electron chi connectivity index (χ0n) is 68.0. The van der Waals surface area contributed by atoms with Gasteiger partial charge in [-0.15, -0.1) is 0 Å². The smallest absolute Gasteiger partial charge is 0.194 e. The minimum Gasteiger partial charge on any atom is -0.310 e. The molecule has 0 fully saturated rings. The number of carbonyl (C=O) groups excluding carboxylic acids is 1. The van der Waals surface area contributed by atoms with Crippen molar-refractivity contribution in [2.45, 2.75) is 25.7 Å². The van der Waals surface area contributed by atoms with Crippen LogP contribution in [-0.4, -0.2) is 5.78 Å². The number of rotatable bonds is 19. The van der Waals surface area contributed by atoms with Crippen molar-refractivity contribution in [3.8, 4) is 33.4 Å². The molecule has 18 aromatic carbocycles. The highest BCUT2D eigenvalue weighted by molar-refractivity contribution is 6.23. The molecule has 0 aromatic heterocycles. The summed E-state index contributed by atoms with van der Waals surface area (Å²) in [5, 5.41) is 0. The Labute approximate surface area is 715 Å². The molecule has 0 spiro atoms. The molecule has 3 aliphatic carbocycles. The Hall–Kier alpha value is -15.8. The molecule has 0 bridgehead atoms. The van der Waals surface area contributed by atoms with Gasteiger partial charge >= 0.3 is 0 Å². The molecule has 18 aromatic rings. The molecule has 0 saturated heterocycles. The average Bonchev–Trinajstić information content (AvgIpc) is 1.55. The maximum Gasteiger partial charge on any atom is 0.194 e. The van der Waals surface area contributed by atoms with E-state index in [0.717, 1.165) is 125 Å².